The van der Waals surface area contributed by atoms with Crippen molar-refractivity contribution in [3.63, 3.8) is 0 Å². The van der Waals surface area contributed by atoms with Gasteiger partial charge in [-0.2, -0.15) is 5.10 Å². The normalized spacial score (nSPS) is 12.9. The van der Waals surface area contributed by atoms with Crippen molar-refractivity contribution < 1.29 is 0 Å². The molecule has 0 aliphatic rings. The second kappa shape index (κ2) is 7.95. The van der Waals surface area contributed by atoms with Crippen molar-refractivity contribution in [2.75, 3.05) is 6.54 Å². The van der Waals surface area contributed by atoms with E-state index in [4.69, 9.17) is 0 Å². The van der Waals surface area contributed by atoms with Gasteiger partial charge in [0.2, 0.25) is 0 Å². The third-order valence-corrected chi connectivity index (χ3v) is 4.24. The maximum Gasteiger partial charge on any atom is 0.0738 e. The van der Waals surface area contributed by atoms with Crippen molar-refractivity contribution in [1.29, 1.82) is 0 Å². The fraction of sp³-hybridized carbons (Fsp3) is 0.786. The van der Waals surface area contributed by atoms with E-state index in [9.17, 15) is 0 Å². The summed E-state index contributed by atoms with van der Waals surface area (Å²) in [6.07, 6.45) is 4.69. The molecule has 1 aromatic rings. The molecule has 0 radical (unpaired) electrons. The number of halogens is 1. The predicted octanol–water partition coefficient (Wildman–Crippen LogP) is 3.68. The molecule has 1 N–H and O–H groups in total. The molecule has 1 atom stereocenters. The van der Waals surface area contributed by atoms with Crippen LogP contribution in [0, 0.1) is 6.92 Å². The van der Waals surface area contributed by atoms with Crippen LogP contribution < -0.4 is 5.32 Å². The highest BCUT2D eigenvalue weighted by molar-refractivity contribution is 9.10. The summed E-state index contributed by atoms with van der Waals surface area (Å²) in [5.74, 6) is 0. The first-order valence-electron chi connectivity index (χ1n) is 7.09. The van der Waals surface area contributed by atoms with Crippen LogP contribution in [0.15, 0.2) is 4.47 Å². The van der Waals surface area contributed by atoms with E-state index in [1.54, 1.807) is 0 Å². The molecule has 18 heavy (non-hydrogen) atoms. The van der Waals surface area contributed by atoms with Crippen molar-refractivity contribution in [3.8, 4) is 0 Å². The molecule has 1 unspecified atom stereocenters. The Labute approximate surface area is 119 Å². The van der Waals surface area contributed by atoms with Gasteiger partial charge in [-0.25, -0.2) is 0 Å². The SMILES string of the molecule is CCCNC(CCC)Cc1c(Br)c(C)nn1CC. The zero-order valence-corrected chi connectivity index (χ0v) is 13.7. The second-order valence-electron chi connectivity index (χ2n) is 4.81. The van der Waals surface area contributed by atoms with E-state index >= 15 is 0 Å². The summed E-state index contributed by atoms with van der Waals surface area (Å²) >= 11 is 3.68. The Bertz CT molecular complexity index is 360. The number of aromatic nitrogens is 2. The van der Waals surface area contributed by atoms with Crippen molar-refractivity contribution in [3.05, 3.63) is 15.9 Å². The van der Waals surface area contributed by atoms with Crippen LogP contribution in [0.3, 0.4) is 0 Å². The third kappa shape index (κ3) is 4.09. The van der Waals surface area contributed by atoms with Crippen LogP contribution in [0.4, 0.5) is 0 Å². The summed E-state index contributed by atoms with van der Waals surface area (Å²) in [7, 11) is 0. The average Bonchev–Trinajstić information content (AvgIpc) is 2.63. The molecule has 0 aliphatic carbocycles. The highest BCUT2D eigenvalue weighted by Crippen LogP contribution is 2.23. The molecule has 1 aromatic heterocycles. The second-order valence-corrected chi connectivity index (χ2v) is 5.60. The van der Waals surface area contributed by atoms with Gasteiger partial charge in [-0.3, -0.25) is 4.68 Å². The Kier molecular flexibility index (Phi) is 6.94. The van der Waals surface area contributed by atoms with Crippen LogP contribution in [-0.2, 0) is 13.0 Å². The average molecular weight is 316 g/mol. The lowest BCUT2D eigenvalue weighted by Gasteiger charge is -2.18. The Morgan fingerprint density at radius 2 is 2.00 bits per heavy atom. The largest absolute Gasteiger partial charge is 0.314 e. The van der Waals surface area contributed by atoms with E-state index in [0.29, 0.717) is 6.04 Å². The van der Waals surface area contributed by atoms with E-state index in [0.717, 1.165) is 25.2 Å². The smallest absolute Gasteiger partial charge is 0.0738 e. The lowest BCUT2D eigenvalue weighted by molar-refractivity contribution is 0.456. The molecule has 0 spiro atoms. The van der Waals surface area contributed by atoms with Crippen molar-refractivity contribution >= 4 is 15.9 Å². The molecule has 0 bridgehead atoms. The minimum atomic E-state index is 0.563. The molecule has 3 nitrogen and oxygen atoms in total. The first-order chi connectivity index (χ1) is 8.63. The van der Waals surface area contributed by atoms with Crippen LogP contribution in [0.25, 0.3) is 0 Å². The molecule has 4 heteroatoms. The van der Waals surface area contributed by atoms with E-state index in [1.807, 2.05) is 0 Å². The number of hydrogen-bond donors (Lipinski definition) is 1. The van der Waals surface area contributed by atoms with Crippen LogP contribution in [0.2, 0.25) is 0 Å². The Morgan fingerprint density at radius 3 is 2.56 bits per heavy atom. The van der Waals surface area contributed by atoms with E-state index in [2.05, 4.69) is 58.7 Å². The maximum atomic E-state index is 4.56. The predicted molar refractivity (Wildman–Crippen MR) is 81.0 cm³/mol. The van der Waals surface area contributed by atoms with Crippen molar-refractivity contribution in [2.24, 2.45) is 0 Å². The lowest BCUT2D eigenvalue weighted by atomic mass is 10.1. The quantitative estimate of drug-likeness (QED) is 0.793. The van der Waals surface area contributed by atoms with Crippen molar-refractivity contribution in [1.82, 2.24) is 15.1 Å². The fourth-order valence-corrected chi connectivity index (χ4v) is 2.72. The Balaban J connectivity index is 2.78. The molecule has 104 valence electrons. The van der Waals surface area contributed by atoms with Gasteiger partial charge in [-0.15, -0.1) is 0 Å². The van der Waals surface area contributed by atoms with Gasteiger partial charge in [0, 0.05) is 19.0 Å². The molecule has 0 aromatic carbocycles. The zero-order valence-electron chi connectivity index (χ0n) is 12.1. The van der Waals surface area contributed by atoms with Gasteiger partial charge in [-0.1, -0.05) is 20.3 Å². The molecule has 0 amide bonds. The fourth-order valence-electron chi connectivity index (χ4n) is 2.27. The first kappa shape index (κ1) is 15.7. The topological polar surface area (TPSA) is 29.9 Å². The number of aryl methyl sites for hydroxylation is 2. The van der Waals surface area contributed by atoms with Gasteiger partial charge in [0.05, 0.1) is 15.9 Å². The van der Waals surface area contributed by atoms with Crippen LogP contribution >= 0.6 is 15.9 Å². The van der Waals surface area contributed by atoms with Gasteiger partial charge in [0.25, 0.3) is 0 Å². The monoisotopic (exact) mass is 315 g/mol. The molecule has 0 aliphatic heterocycles. The van der Waals surface area contributed by atoms with E-state index in [1.165, 1.54) is 29.4 Å². The van der Waals surface area contributed by atoms with Gasteiger partial charge in [0.15, 0.2) is 0 Å². The minimum Gasteiger partial charge on any atom is -0.314 e. The zero-order chi connectivity index (χ0) is 13.5. The highest BCUT2D eigenvalue weighted by atomic mass is 79.9. The van der Waals surface area contributed by atoms with Gasteiger partial charge in [0.1, 0.15) is 0 Å². The first-order valence-corrected chi connectivity index (χ1v) is 7.88. The van der Waals surface area contributed by atoms with Crippen LogP contribution in [0.1, 0.15) is 51.4 Å². The third-order valence-electron chi connectivity index (χ3n) is 3.21. The molecule has 0 saturated heterocycles. The van der Waals surface area contributed by atoms with Gasteiger partial charge >= 0.3 is 0 Å². The highest BCUT2D eigenvalue weighted by Gasteiger charge is 2.16. The van der Waals surface area contributed by atoms with Gasteiger partial charge < -0.3 is 5.32 Å². The Morgan fingerprint density at radius 1 is 1.28 bits per heavy atom. The summed E-state index contributed by atoms with van der Waals surface area (Å²) in [5.41, 5.74) is 2.43. The molecule has 0 fully saturated rings. The number of rotatable bonds is 8. The summed E-state index contributed by atoms with van der Waals surface area (Å²) in [4.78, 5) is 0. The van der Waals surface area contributed by atoms with Gasteiger partial charge in [-0.05, 0) is 49.2 Å². The molecule has 1 heterocycles. The maximum absolute atomic E-state index is 4.56. The van der Waals surface area contributed by atoms with Crippen LogP contribution in [0.5, 0.6) is 0 Å². The van der Waals surface area contributed by atoms with Crippen molar-refractivity contribution in [2.45, 2.75) is 66.0 Å². The molecule has 1 rings (SSSR count). The standard InChI is InChI=1S/C14H26BrN3/c1-5-8-12(16-9-6-2)10-13-14(15)11(4)17-18(13)7-3/h12,16H,5-10H2,1-4H3. The number of nitrogens with one attached hydrogen (secondary N) is 1. The van der Waals surface area contributed by atoms with E-state index in [-0.39, 0.29) is 0 Å². The Hall–Kier alpha value is -0.350. The summed E-state index contributed by atoms with van der Waals surface area (Å²) < 4.78 is 3.30. The summed E-state index contributed by atoms with van der Waals surface area (Å²) in [6, 6.07) is 0.563. The van der Waals surface area contributed by atoms with Crippen LogP contribution in [-0.4, -0.2) is 22.4 Å². The summed E-state index contributed by atoms with van der Waals surface area (Å²) in [6.45, 7) is 10.7. The minimum absolute atomic E-state index is 0.563. The van der Waals surface area contributed by atoms with E-state index < -0.39 is 0 Å². The molecular formula is C14H26BrN3. The number of hydrogen-bond acceptors (Lipinski definition) is 2. The lowest BCUT2D eigenvalue weighted by Crippen LogP contribution is -2.32. The molecule has 0 saturated carbocycles. The molecular weight excluding hydrogens is 290 g/mol. The summed E-state index contributed by atoms with van der Waals surface area (Å²) in [5, 5.41) is 8.21. The number of nitrogens with zero attached hydrogens (tertiary/aromatic N) is 2.